The van der Waals surface area contributed by atoms with Crippen molar-refractivity contribution in [1.29, 1.82) is 0 Å². The third kappa shape index (κ3) is 1.88. The molecule has 5 rings (SSSR count). The van der Waals surface area contributed by atoms with Gasteiger partial charge in [-0.3, -0.25) is 5.10 Å². The maximum atomic E-state index is 12.9. The van der Waals surface area contributed by atoms with Gasteiger partial charge in [0.1, 0.15) is 5.82 Å². The number of benzene rings is 2. The van der Waals surface area contributed by atoms with Gasteiger partial charge in [-0.05, 0) is 24.3 Å². The molecule has 8 heteroatoms. The molecule has 114 valence electrons. The third-order valence-corrected chi connectivity index (χ3v) is 3.67. The maximum absolute atomic E-state index is 12.9. The van der Waals surface area contributed by atoms with Crippen LogP contribution in [0.15, 0.2) is 36.4 Å². The van der Waals surface area contributed by atoms with Crippen molar-refractivity contribution in [3.8, 4) is 11.5 Å². The molecule has 0 fully saturated rings. The average Bonchev–Trinajstić information content (AvgIpc) is 3.21. The zero-order chi connectivity index (χ0) is 15.4. The number of nitrogens with one attached hydrogen (secondary N) is 2. The summed E-state index contributed by atoms with van der Waals surface area (Å²) in [6.45, 7) is 0.218. The molecule has 0 spiro atoms. The van der Waals surface area contributed by atoms with Gasteiger partial charge >= 0.3 is 0 Å². The van der Waals surface area contributed by atoms with E-state index in [4.69, 9.17) is 9.47 Å². The fraction of sp³-hybridized carbons (Fsp3) is 0.0667. The standard InChI is InChI=1S/C15H10FN5O2/c16-8-1-3-9(4-2-8)17-14-19-15-18-10-5-12-13(23-7-22-12)6-11(10)21(15)20-14/h1-6H,7H2,(H2,17,18,19,20). The summed E-state index contributed by atoms with van der Waals surface area (Å²) in [5.74, 6) is 2.11. The van der Waals surface area contributed by atoms with Gasteiger partial charge in [0.05, 0.1) is 11.0 Å². The number of hydrogen-bond acceptors (Lipinski definition) is 5. The summed E-state index contributed by atoms with van der Waals surface area (Å²) in [7, 11) is 0. The molecule has 0 aliphatic carbocycles. The molecule has 0 radical (unpaired) electrons. The number of nitrogens with zero attached hydrogens (tertiary/aromatic N) is 3. The molecule has 0 unspecified atom stereocenters. The number of imidazole rings is 1. The molecule has 0 atom stereocenters. The quantitative estimate of drug-likeness (QED) is 0.595. The Bertz CT molecular complexity index is 1040. The molecule has 0 saturated heterocycles. The summed E-state index contributed by atoms with van der Waals surface area (Å²) in [6.07, 6.45) is 0. The first-order valence-electron chi connectivity index (χ1n) is 6.97. The molecule has 23 heavy (non-hydrogen) atoms. The highest BCUT2D eigenvalue weighted by Gasteiger charge is 2.18. The van der Waals surface area contributed by atoms with E-state index in [1.807, 2.05) is 12.1 Å². The zero-order valence-electron chi connectivity index (χ0n) is 11.7. The predicted octanol–water partition coefficient (Wildman–Crippen LogP) is 2.82. The molecule has 4 aromatic rings. The highest BCUT2D eigenvalue weighted by molar-refractivity contribution is 5.83. The topological polar surface area (TPSA) is 76.5 Å². The van der Waals surface area contributed by atoms with Crippen molar-refractivity contribution in [3.63, 3.8) is 0 Å². The Morgan fingerprint density at radius 2 is 1.87 bits per heavy atom. The van der Waals surface area contributed by atoms with Crippen molar-refractivity contribution >= 4 is 28.4 Å². The van der Waals surface area contributed by atoms with Gasteiger partial charge in [-0.2, -0.15) is 4.98 Å². The van der Waals surface area contributed by atoms with Crippen molar-refractivity contribution in [1.82, 2.24) is 19.6 Å². The molecule has 0 amide bonds. The normalized spacial score (nSPS) is 13.1. The van der Waals surface area contributed by atoms with E-state index in [1.54, 1.807) is 16.6 Å². The lowest BCUT2D eigenvalue weighted by molar-refractivity contribution is 0.174. The summed E-state index contributed by atoms with van der Waals surface area (Å²) in [5, 5.41) is 6.19. The number of aromatic amines is 1. The monoisotopic (exact) mass is 311 g/mol. The van der Waals surface area contributed by atoms with E-state index in [0.717, 1.165) is 16.7 Å². The van der Waals surface area contributed by atoms with Crippen LogP contribution < -0.4 is 14.8 Å². The first kappa shape index (κ1) is 12.3. The first-order chi connectivity index (χ1) is 11.3. The number of anilines is 2. The summed E-state index contributed by atoms with van der Waals surface area (Å²) in [5.41, 5.74) is 2.33. The summed E-state index contributed by atoms with van der Waals surface area (Å²) in [4.78, 5) is 8.83. The van der Waals surface area contributed by atoms with Crippen LogP contribution in [0.5, 0.6) is 11.5 Å². The minimum absolute atomic E-state index is 0.218. The van der Waals surface area contributed by atoms with Crippen LogP contribution in [0, 0.1) is 5.82 Å². The SMILES string of the molecule is Fc1ccc(Nc2nc3nc4cc5c(cc4n3[nH]2)OCO5)cc1. The van der Waals surface area contributed by atoms with E-state index in [0.29, 0.717) is 23.2 Å². The van der Waals surface area contributed by atoms with E-state index in [-0.39, 0.29) is 12.6 Å². The summed E-state index contributed by atoms with van der Waals surface area (Å²) >= 11 is 0. The number of rotatable bonds is 2. The van der Waals surface area contributed by atoms with Gasteiger partial charge in [0, 0.05) is 17.8 Å². The fourth-order valence-electron chi connectivity index (χ4n) is 2.60. The van der Waals surface area contributed by atoms with E-state index in [2.05, 4.69) is 20.4 Å². The smallest absolute Gasteiger partial charge is 0.253 e. The van der Waals surface area contributed by atoms with Crippen molar-refractivity contribution in [2.24, 2.45) is 0 Å². The molecule has 1 aliphatic heterocycles. The van der Waals surface area contributed by atoms with Gasteiger partial charge in [-0.15, -0.1) is 0 Å². The Morgan fingerprint density at radius 3 is 2.70 bits per heavy atom. The number of hydrogen-bond donors (Lipinski definition) is 2. The second-order valence-corrected chi connectivity index (χ2v) is 5.15. The van der Waals surface area contributed by atoms with Crippen LogP contribution in [-0.4, -0.2) is 26.4 Å². The number of H-pyrrole nitrogens is 1. The predicted molar refractivity (Wildman–Crippen MR) is 80.6 cm³/mol. The van der Waals surface area contributed by atoms with E-state index in [9.17, 15) is 4.39 Å². The van der Waals surface area contributed by atoms with Crippen LogP contribution in [0.25, 0.3) is 16.8 Å². The Morgan fingerprint density at radius 1 is 1.09 bits per heavy atom. The summed E-state index contributed by atoms with van der Waals surface area (Å²) in [6, 6.07) is 9.72. The molecule has 3 heterocycles. The third-order valence-electron chi connectivity index (χ3n) is 3.67. The first-order valence-corrected chi connectivity index (χ1v) is 6.97. The van der Waals surface area contributed by atoms with Crippen LogP contribution in [0.1, 0.15) is 0 Å². The Kier molecular flexibility index (Phi) is 2.32. The molecule has 2 aromatic carbocycles. The van der Waals surface area contributed by atoms with Crippen LogP contribution in [0.3, 0.4) is 0 Å². The summed E-state index contributed by atoms with van der Waals surface area (Å²) < 4.78 is 25.4. The minimum Gasteiger partial charge on any atom is -0.454 e. The van der Waals surface area contributed by atoms with Gasteiger partial charge in [-0.25, -0.2) is 13.9 Å². The Labute approximate surface area is 128 Å². The van der Waals surface area contributed by atoms with Gasteiger partial charge in [-0.1, -0.05) is 0 Å². The van der Waals surface area contributed by atoms with Crippen molar-refractivity contribution in [2.45, 2.75) is 0 Å². The van der Waals surface area contributed by atoms with Gasteiger partial charge in [0.15, 0.2) is 11.5 Å². The van der Waals surface area contributed by atoms with Crippen LogP contribution in [0.2, 0.25) is 0 Å². The second-order valence-electron chi connectivity index (χ2n) is 5.15. The maximum Gasteiger partial charge on any atom is 0.253 e. The van der Waals surface area contributed by atoms with Gasteiger partial charge in [0.25, 0.3) is 5.78 Å². The fourth-order valence-corrected chi connectivity index (χ4v) is 2.60. The van der Waals surface area contributed by atoms with E-state index in [1.165, 1.54) is 12.1 Å². The minimum atomic E-state index is -0.285. The van der Waals surface area contributed by atoms with E-state index >= 15 is 0 Å². The second kappa shape index (κ2) is 4.35. The van der Waals surface area contributed by atoms with Crippen molar-refractivity contribution in [3.05, 3.63) is 42.2 Å². The molecule has 2 aromatic heterocycles. The van der Waals surface area contributed by atoms with Crippen molar-refractivity contribution < 1.29 is 13.9 Å². The lowest BCUT2D eigenvalue weighted by Gasteiger charge is -2.01. The number of aromatic nitrogens is 4. The Balaban J connectivity index is 1.58. The van der Waals surface area contributed by atoms with Crippen LogP contribution >= 0.6 is 0 Å². The lowest BCUT2D eigenvalue weighted by atomic mass is 10.3. The lowest BCUT2D eigenvalue weighted by Crippen LogP contribution is -1.93. The Hall–Kier alpha value is -3.29. The highest BCUT2D eigenvalue weighted by atomic mass is 19.1. The van der Waals surface area contributed by atoms with E-state index < -0.39 is 0 Å². The van der Waals surface area contributed by atoms with Crippen molar-refractivity contribution in [2.75, 3.05) is 12.1 Å². The number of ether oxygens (including phenoxy) is 2. The van der Waals surface area contributed by atoms with Gasteiger partial charge < -0.3 is 14.8 Å². The molecule has 2 N–H and O–H groups in total. The van der Waals surface area contributed by atoms with Gasteiger partial charge in [0.2, 0.25) is 12.7 Å². The number of fused-ring (bicyclic) bond motifs is 4. The number of halogens is 1. The molecule has 0 saturated carbocycles. The zero-order valence-corrected chi connectivity index (χ0v) is 11.7. The molecule has 1 aliphatic rings. The molecule has 7 nitrogen and oxygen atoms in total. The van der Waals surface area contributed by atoms with Crippen LogP contribution in [0.4, 0.5) is 16.0 Å². The van der Waals surface area contributed by atoms with Crippen LogP contribution in [-0.2, 0) is 0 Å². The largest absolute Gasteiger partial charge is 0.454 e. The highest BCUT2D eigenvalue weighted by Crippen LogP contribution is 2.36. The molecular weight excluding hydrogens is 301 g/mol. The molecular formula is C15H10FN5O2. The molecule has 0 bridgehead atoms. The average molecular weight is 311 g/mol.